The molecule has 1 aliphatic heterocycles. The predicted molar refractivity (Wildman–Crippen MR) is 150 cm³/mol. The van der Waals surface area contributed by atoms with E-state index in [-0.39, 0.29) is 5.43 Å². The monoisotopic (exact) mass is 496 g/mol. The summed E-state index contributed by atoms with van der Waals surface area (Å²) in [5.41, 5.74) is 12.2. The van der Waals surface area contributed by atoms with Gasteiger partial charge in [-0.25, -0.2) is 0 Å². The quantitative estimate of drug-likeness (QED) is 0.397. The second-order valence-electron chi connectivity index (χ2n) is 10.1. The summed E-state index contributed by atoms with van der Waals surface area (Å²) in [4.78, 5) is 27.4. The molecular weight excluding hydrogens is 460 g/mol. The zero-order valence-corrected chi connectivity index (χ0v) is 21.8. The zero-order valence-electron chi connectivity index (χ0n) is 21.8. The molecule has 0 radical (unpaired) electrons. The van der Waals surface area contributed by atoms with Gasteiger partial charge >= 0.3 is 0 Å². The van der Waals surface area contributed by atoms with Gasteiger partial charge in [0, 0.05) is 80.0 Å². The van der Waals surface area contributed by atoms with Crippen LogP contribution in [0.2, 0.25) is 0 Å². The number of para-hydroxylation sites is 1. The molecule has 4 heterocycles. The number of nitrogens with zero attached hydrogens (tertiary/aromatic N) is 5. The number of anilines is 1. The molecule has 5 rings (SSSR count). The molecule has 2 N–H and O–H groups in total. The lowest BCUT2D eigenvalue weighted by Gasteiger charge is -2.40. The van der Waals surface area contributed by atoms with Crippen LogP contribution in [0.15, 0.2) is 71.9 Å². The number of nitrogens with two attached hydrogens (primary N) is 1. The van der Waals surface area contributed by atoms with Crippen molar-refractivity contribution < 1.29 is 0 Å². The minimum Gasteiger partial charge on any atom is -0.369 e. The van der Waals surface area contributed by atoms with Crippen LogP contribution < -0.4 is 16.1 Å². The van der Waals surface area contributed by atoms with Gasteiger partial charge in [-0.1, -0.05) is 12.1 Å². The summed E-state index contributed by atoms with van der Waals surface area (Å²) in [7, 11) is 0. The highest BCUT2D eigenvalue weighted by atomic mass is 16.1. The minimum absolute atomic E-state index is 0.107. The van der Waals surface area contributed by atoms with Crippen LogP contribution in [0.25, 0.3) is 10.9 Å². The fraction of sp³-hybridized carbons (Fsp3) is 0.367. The van der Waals surface area contributed by atoms with Crippen molar-refractivity contribution in [3.05, 3.63) is 99.9 Å². The molecule has 0 unspecified atom stereocenters. The average Bonchev–Trinajstić information content (AvgIpc) is 2.91. The third-order valence-corrected chi connectivity index (χ3v) is 7.33. The molecule has 37 heavy (non-hydrogen) atoms. The van der Waals surface area contributed by atoms with Crippen LogP contribution in [0.3, 0.4) is 0 Å². The van der Waals surface area contributed by atoms with E-state index in [2.05, 4.69) is 48.6 Å². The van der Waals surface area contributed by atoms with Gasteiger partial charge in [-0.15, -0.1) is 0 Å². The van der Waals surface area contributed by atoms with Crippen molar-refractivity contribution in [2.24, 2.45) is 5.73 Å². The summed E-state index contributed by atoms with van der Waals surface area (Å²) in [6.07, 6.45) is 8.05. The molecule has 0 aliphatic carbocycles. The van der Waals surface area contributed by atoms with Crippen molar-refractivity contribution in [1.29, 1.82) is 0 Å². The molecule has 1 aromatic carbocycles. The van der Waals surface area contributed by atoms with E-state index in [0.29, 0.717) is 25.7 Å². The standard InChI is InChI=1S/C30H36N6O/c1-22-9-10-26(17-33-22)34-14-5-6-27(21-34)36(18-24-11-13-32-23(2)16-24)20-25-19-35(15-12-31)29-8-4-3-7-28(29)30(25)37/h3-4,7-11,13,16-17,19,27H,5-6,12,14-15,18,20-21,31H2,1-2H3/t27-/m0/s1. The van der Waals surface area contributed by atoms with Gasteiger partial charge in [0.15, 0.2) is 5.43 Å². The molecule has 0 amide bonds. The largest absolute Gasteiger partial charge is 0.369 e. The number of rotatable bonds is 8. The molecule has 192 valence electrons. The Morgan fingerprint density at radius 1 is 1.05 bits per heavy atom. The number of piperidine rings is 1. The van der Waals surface area contributed by atoms with E-state index >= 15 is 0 Å². The summed E-state index contributed by atoms with van der Waals surface area (Å²) < 4.78 is 2.13. The van der Waals surface area contributed by atoms with Crippen LogP contribution in [0.5, 0.6) is 0 Å². The molecule has 1 fully saturated rings. The van der Waals surface area contributed by atoms with Crippen molar-refractivity contribution in [2.45, 2.75) is 52.4 Å². The minimum atomic E-state index is 0.107. The fourth-order valence-corrected chi connectivity index (χ4v) is 5.45. The van der Waals surface area contributed by atoms with Crippen LogP contribution >= 0.6 is 0 Å². The van der Waals surface area contributed by atoms with E-state index in [9.17, 15) is 4.79 Å². The lowest BCUT2D eigenvalue weighted by atomic mass is 10.0. The van der Waals surface area contributed by atoms with Crippen molar-refractivity contribution in [3.63, 3.8) is 0 Å². The van der Waals surface area contributed by atoms with Gasteiger partial charge < -0.3 is 15.2 Å². The molecule has 1 aliphatic rings. The van der Waals surface area contributed by atoms with Gasteiger partial charge in [0.1, 0.15) is 0 Å². The number of fused-ring (bicyclic) bond motifs is 1. The summed E-state index contributed by atoms with van der Waals surface area (Å²) in [5.74, 6) is 0. The highest BCUT2D eigenvalue weighted by molar-refractivity contribution is 5.79. The highest BCUT2D eigenvalue weighted by Gasteiger charge is 2.27. The smallest absolute Gasteiger partial charge is 0.193 e. The Labute approximate surface area is 218 Å². The van der Waals surface area contributed by atoms with Crippen molar-refractivity contribution >= 4 is 16.6 Å². The van der Waals surface area contributed by atoms with Crippen molar-refractivity contribution in [1.82, 2.24) is 19.4 Å². The SMILES string of the molecule is Cc1ccc(N2CCC[C@H](N(Cc3ccnc(C)c3)Cc3cn(CCN)c4ccccc4c3=O)C2)cn1. The van der Waals surface area contributed by atoms with E-state index in [0.717, 1.165) is 66.0 Å². The molecule has 0 bridgehead atoms. The number of pyridine rings is 3. The van der Waals surface area contributed by atoms with Gasteiger partial charge in [-0.3, -0.25) is 19.7 Å². The van der Waals surface area contributed by atoms with E-state index in [4.69, 9.17) is 5.73 Å². The van der Waals surface area contributed by atoms with Gasteiger partial charge in [0.25, 0.3) is 0 Å². The Morgan fingerprint density at radius 3 is 2.70 bits per heavy atom. The summed E-state index contributed by atoms with van der Waals surface area (Å²) in [6.45, 7) is 8.50. The number of benzene rings is 1. The zero-order chi connectivity index (χ0) is 25.8. The van der Waals surface area contributed by atoms with Gasteiger partial charge in [0.2, 0.25) is 0 Å². The van der Waals surface area contributed by atoms with E-state index in [1.165, 1.54) is 5.56 Å². The van der Waals surface area contributed by atoms with Crippen LogP contribution in [0, 0.1) is 13.8 Å². The van der Waals surface area contributed by atoms with Crippen molar-refractivity contribution in [3.8, 4) is 0 Å². The van der Waals surface area contributed by atoms with E-state index in [1.54, 1.807) is 0 Å². The molecule has 3 aromatic heterocycles. The highest BCUT2D eigenvalue weighted by Crippen LogP contribution is 2.25. The third-order valence-electron chi connectivity index (χ3n) is 7.33. The van der Waals surface area contributed by atoms with Crippen LogP contribution in [0.4, 0.5) is 5.69 Å². The van der Waals surface area contributed by atoms with Gasteiger partial charge in [0.05, 0.1) is 17.4 Å². The maximum Gasteiger partial charge on any atom is 0.193 e. The fourth-order valence-electron chi connectivity index (χ4n) is 5.45. The Morgan fingerprint density at radius 2 is 1.92 bits per heavy atom. The molecule has 1 atom stereocenters. The predicted octanol–water partition coefficient (Wildman–Crippen LogP) is 4.04. The summed E-state index contributed by atoms with van der Waals surface area (Å²) in [5, 5.41) is 0.754. The molecule has 7 heteroatoms. The lowest BCUT2D eigenvalue weighted by molar-refractivity contribution is 0.158. The maximum atomic E-state index is 13.6. The lowest BCUT2D eigenvalue weighted by Crippen LogP contribution is -2.48. The average molecular weight is 497 g/mol. The molecular formula is C30H36N6O. The van der Waals surface area contributed by atoms with Crippen LogP contribution in [-0.4, -0.2) is 45.1 Å². The molecule has 7 nitrogen and oxygen atoms in total. The molecule has 1 saturated heterocycles. The van der Waals surface area contributed by atoms with E-state index < -0.39 is 0 Å². The second kappa shape index (κ2) is 11.2. The third kappa shape index (κ3) is 5.73. The number of aromatic nitrogens is 3. The first kappa shape index (κ1) is 25.1. The van der Waals surface area contributed by atoms with Gasteiger partial charge in [-0.2, -0.15) is 0 Å². The normalized spacial score (nSPS) is 16.0. The molecule has 0 saturated carbocycles. The first-order chi connectivity index (χ1) is 18.0. The number of aryl methyl sites for hydroxylation is 2. The number of hydrogen-bond acceptors (Lipinski definition) is 6. The second-order valence-corrected chi connectivity index (χ2v) is 10.1. The van der Waals surface area contributed by atoms with Gasteiger partial charge in [-0.05, 0) is 68.7 Å². The van der Waals surface area contributed by atoms with Crippen molar-refractivity contribution in [2.75, 3.05) is 24.5 Å². The Balaban J connectivity index is 1.49. The Kier molecular flexibility index (Phi) is 7.63. The first-order valence-corrected chi connectivity index (χ1v) is 13.2. The maximum absolute atomic E-state index is 13.6. The first-order valence-electron chi connectivity index (χ1n) is 13.2. The Hall–Kier alpha value is -3.55. The molecule has 4 aromatic rings. The van der Waals surface area contributed by atoms with Crippen LogP contribution in [-0.2, 0) is 19.6 Å². The summed E-state index contributed by atoms with van der Waals surface area (Å²) >= 11 is 0. The molecule has 0 spiro atoms. The Bertz CT molecular complexity index is 1410. The number of hydrogen-bond donors (Lipinski definition) is 1. The van der Waals surface area contributed by atoms with Crippen LogP contribution in [0.1, 0.15) is 35.4 Å². The summed E-state index contributed by atoms with van der Waals surface area (Å²) in [6, 6.07) is 16.6. The topological polar surface area (TPSA) is 80.3 Å². The van der Waals surface area contributed by atoms with E-state index in [1.807, 2.05) is 56.7 Å².